The number of fused-ring (bicyclic) bond motifs is 1. The number of carbonyl (C=O) groups is 3. The molecule has 0 radical (unpaired) electrons. The van der Waals surface area contributed by atoms with Crippen molar-refractivity contribution in [1.82, 2.24) is 4.98 Å². The molecule has 2 rings (SSSR count). The number of ether oxygens (including phenoxy) is 1. The Labute approximate surface area is 97.5 Å². The van der Waals surface area contributed by atoms with Gasteiger partial charge in [0.05, 0.1) is 5.69 Å². The number of H-pyrrole nitrogens is 1. The number of nitrogens with one attached hydrogen (secondary N) is 1. The van der Waals surface area contributed by atoms with E-state index in [0.29, 0.717) is 0 Å². The van der Waals surface area contributed by atoms with Gasteiger partial charge in [-0.25, -0.2) is 9.69 Å². The second-order valence-corrected chi connectivity index (χ2v) is 4.69. The van der Waals surface area contributed by atoms with Gasteiger partial charge in [-0.3, -0.25) is 9.59 Å². The summed E-state index contributed by atoms with van der Waals surface area (Å²) < 4.78 is 5.07. The summed E-state index contributed by atoms with van der Waals surface area (Å²) in [4.78, 5) is 38.3. The number of hydrogen-bond acceptors (Lipinski definition) is 4. The van der Waals surface area contributed by atoms with Crippen molar-refractivity contribution in [3.63, 3.8) is 0 Å². The molecule has 2 amide bonds. The van der Waals surface area contributed by atoms with E-state index in [9.17, 15) is 14.4 Å². The van der Waals surface area contributed by atoms with Gasteiger partial charge in [0, 0.05) is 6.20 Å². The highest BCUT2D eigenvalue weighted by atomic mass is 16.6. The van der Waals surface area contributed by atoms with Crippen molar-refractivity contribution in [2.75, 3.05) is 4.90 Å². The van der Waals surface area contributed by atoms with E-state index in [2.05, 4.69) is 4.98 Å². The zero-order valence-corrected chi connectivity index (χ0v) is 9.73. The Hall–Kier alpha value is -2.11. The normalized spacial score (nSPS) is 15.1. The molecule has 0 bridgehead atoms. The maximum atomic E-state index is 11.8. The second kappa shape index (κ2) is 3.44. The number of ketones is 1. The minimum atomic E-state index is -0.888. The highest BCUT2D eigenvalue weighted by Gasteiger charge is 2.42. The van der Waals surface area contributed by atoms with Crippen LogP contribution in [0.2, 0.25) is 0 Å². The van der Waals surface area contributed by atoms with Crippen LogP contribution >= 0.6 is 0 Å². The SMILES string of the molecule is CC(C)(C)OC(=O)N1C(=O)C(=O)c2[nH]ccc21. The van der Waals surface area contributed by atoms with Crippen molar-refractivity contribution >= 4 is 23.5 Å². The van der Waals surface area contributed by atoms with Crippen LogP contribution in [-0.2, 0) is 9.53 Å². The van der Waals surface area contributed by atoms with Crippen molar-refractivity contribution in [1.29, 1.82) is 0 Å². The van der Waals surface area contributed by atoms with Gasteiger partial charge in [-0.05, 0) is 26.8 Å². The number of aromatic nitrogens is 1. The van der Waals surface area contributed by atoms with Gasteiger partial charge in [0.2, 0.25) is 0 Å². The molecule has 0 aromatic carbocycles. The first-order valence-electron chi connectivity index (χ1n) is 5.10. The Morgan fingerprint density at radius 2 is 2.00 bits per heavy atom. The molecular formula is C11H12N2O4. The lowest BCUT2D eigenvalue weighted by atomic mass is 10.2. The van der Waals surface area contributed by atoms with E-state index < -0.39 is 23.4 Å². The van der Waals surface area contributed by atoms with E-state index in [-0.39, 0.29) is 11.4 Å². The number of amides is 2. The Balaban J connectivity index is 2.32. The quantitative estimate of drug-likeness (QED) is 0.692. The highest BCUT2D eigenvalue weighted by Crippen LogP contribution is 2.29. The van der Waals surface area contributed by atoms with Crippen LogP contribution < -0.4 is 4.90 Å². The molecule has 0 unspecified atom stereocenters. The standard InChI is InChI=1S/C11H12N2O4/c1-11(2,3)17-10(16)13-6-4-5-12-7(6)8(14)9(13)15/h4-5,12H,1-3H3. The maximum absolute atomic E-state index is 11.8. The largest absolute Gasteiger partial charge is 0.443 e. The van der Waals surface area contributed by atoms with Gasteiger partial charge < -0.3 is 9.72 Å². The summed E-state index contributed by atoms with van der Waals surface area (Å²) in [6.45, 7) is 5.06. The maximum Gasteiger partial charge on any atom is 0.422 e. The summed E-state index contributed by atoms with van der Waals surface area (Å²) in [6, 6.07) is 1.49. The summed E-state index contributed by atoms with van der Waals surface area (Å²) in [5, 5.41) is 0. The Kier molecular flexibility index (Phi) is 2.30. The Morgan fingerprint density at radius 1 is 1.35 bits per heavy atom. The van der Waals surface area contributed by atoms with Crippen LogP contribution in [0.3, 0.4) is 0 Å². The monoisotopic (exact) mass is 236 g/mol. The lowest BCUT2D eigenvalue weighted by molar-refractivity contribution is -0.114. The van der Waals surface area contributed by atoms with E-state index in [0.717, 1.165) is 4.90 Å². The minimum absolute atomic E-state index is 0.126. The lowest BCUT2D eigenvalue weighted by Gasteiger charge is -2.22. The van der Waals surface area contributed by atoms with Crippen molar-refractivity contribution < 1.29 is 19.1 Å². The third kappa shape index (κ3) is 1.82. The van der Waals surface area contributed by atoms with Gasteiger partial charge in [0.1, 0.15) is 11.3 Å². The summed E-state index contributed by atoms with van der Waals surface area (Å²) >= 11 is 0. The zero-order chi connectivity index (χ0) is 12.8. The average Bonchev–Trinajstić information content (AvgIpc) is 2.69. The summed E-state index contributed by atoms with van der Waals surface area (Å²) in [6.07, 6.45) is 0.654. The Bertz CT molecular complexity index is 510. The fourth-order valence-corrected chi connectivity index (χ4v) is 1.54. The predicted molar refractivity (Wildman–Crippen MR) is 58.8 cm³/mol. The molecule has 17 heavy (non-hydrogen) atoms. The molecule has 1 aliphatic rings. The van der Waals surface area contributed by atoms with E-state index in [1.807, 2.05) is 0 Å². The van der Waals surface area contributed by atoms with Crippen LogP contribution in [0.25, 0.3) is 0 Å². The average molecular weight is 236 g/mol. The van der Waals surface area contributed by atoms with Crippen molar-refractivity contribution in [3.05, 3.63) is 18.0 Å². The number of imide groups is 1. The zero-order valence-electron chi connectivity index (χ0n) is 9.73. The van der Waals surface area contributed by atoms with Crippen LogP contribution in [0, 0.1) is 0 Å². The van der Waals surface area contributed by atoms with Crippen LogP contribution in [0.5, 0.6) is 0 Å². The van der Waals surface area contributed by atoms with Gasteiger partial charge in [-0.15, -0.1) is 0 Å². The molecular weight excluding hydrogens is 224 g/mol. The van der Waals surface area contributed by atoms with Crippen LogP contribution in [0.1, 0.15) is 31.3 Å². The first-order valence-corrected chi connectivity index (χ1v) is 5.10. The third-order valence-corrected chi connectivity index (χ3v) is 2.17. The van der Waals surface area contributed by atoms with Gasteiger partial charge in [0.25, 0.3) is 5.78 Å². The Morgan fingerprint density at radius 3 is 2.59 bits per heavy atom. The van der Waals surface area contributed by atoms with Gasteiger partial charge in [-0.2, -0.15) is 0 Å². The van der Waals surface area contributed by atoms with Crippen molar-refractivity contribution in [2.24, 2.45) is 0 Å². The molecule has 6 heteroatoms. The first-order chi connectivity index (χ1) is 7.81. The van der Waals surface area contributed by atoms with Crippen LogP contribution in [-0.4, -0.2) is 28.4 Å². The van der Waals surface area contributed by atoms with E-state index >= 15 is 0 Å². The molecule has 0 saturated carbocycles. The topological polar surface area (TPSA) is 79.5 Å². The predicted octanol–water partition coefficient (Wildman–Crippen LogP) is 1.48. The van der Waals surface area contributed by atoms with Crippen LogP contribution in [0.4, 0.5) is 10.5 Å². The number of hydrogen-bond donors (Lipinski definition) is 1. The smallest absolute Gasteiger partial charge is 0.422 e. The molecule has 0 saturated heterocycles. The third-order valence-electron chi connectivity index (χ3n) is 2.17. The van der Waals surface area contributed by atoms with Crippen molar-refractivity contribution in [2.45, 2.75) is 26.4 Å². The summed E-state index contributed by atoms with van der Waals surface area (Å²) in [5.74, 6) is -1.61. The molecule has 0 atom stereocenters. The molecule has 2 heterocycles. The molecule has 1 N–H and O–H groups in total. The van der Waals surface area contributed by atoms with E-state index in [4.69, 9.17) is 4.74 Å². The van der Waals surface area contributed by atoms with Gasteiger partial charge in [0.15, 0.2) is 0 Å². The molecule has 90 valence electrons. The number of rotatable bonds is 0. The molecule has 1 aromatic rings. The molecule has 0 aliphatic carbocycles. The minimum Gasteiger partial charge on any atom is -0.443 e. The van der Waals surface area contributed by atoms with Gasteiger partial charge >= 0.3 is 12.0 Å². The highest BCUT2D eigenvalue weighted by molar-refractivity contribution is 6.55. The number of nitrogens with zero attached hydrogens (tertiary/aromatic N) is 1. The molecule has 0 spiro atoms. The number of carbonyl (C=O) groups excluding carboxylic acids is 3. The van der Waals surface area contributed by atoms with Crippen molar-refractivity contribution in [3.8, 4) is 0 Å². The molecule has 0 fully saturated rings. The van der Waals surface area contributed by atoms with E-state index in [1.54, 1.807) is 20.8 Å². The second-order valence-electron chi connectivity index (χ2n) is 4.69. The summed E-state index contributed by atoms with van der Waals surface area (Å²) in [7, 11) is 0. The molecule has 1 aromatic heterocycles. The molecule has 1 aliphatic heterocycles. The number of aromatic amines is 1. The lowest BCUT2D eigenvalue weighted by Crippen LogP contribution is -2.40. The van der Waals surface area contributed by atoms with Gasteiger partial charge in [-0.1, -0.05) is 0 Å². The number of Topliss-reactive ketones (excluding diaryl/α,β-unsaturated/α-hetero) is 1. The fourth-order valence-electron chi connectivity index (χ4n) is 1.54. The number of anilines is 1. The van der Waals surface area contributed by atoms with Crippen LogP contribution in [0.15, 0.2) is 12.3 Å². The first kappa shape index (κ1) is 11.4. The van der Waals surface area contributed by atoms with E-state index in [1.165, 1.54) is 12.3 Å². The fraction of sp³-hybridized carbons (Fsp3) is 0.364. The molecule has 6 nitrogen and oxygen atoms in total. The summed E-state index contributed by atoms with van der Waals surface area (Å²) in [5.41, 5.74) is -0.352.